The second kappa shape index (κ2) is 15.9. The van der Waals surface area contributed by atoms with Crippen molar-refractivity contribution in [3.63, 3.8) is 0 Å². The predicted molar refractivity (Wildman–Crippen MR) is 180 cm³/mol. The largest absolute Gasteiger partial charge is 0.504 e. The fourth-order valence-corrected chi connectivity index (χ4v) is 6.54. The highest BCUT2D eigenvalue weighted by atomic mass is 16.7. The van der Waals surface area contributed by atoms with E-state index < -0.39 is 150 Å². The summed E-state index contributed by atoms with van der Waals surface area (Å²) in [5.41, 5.74) is -2.23. The van der Waals surface area contributed by atoms with E-state index in [2.05, 4.69) is 0 Å². The second-order valence-corrected chi connectivity index (χ2v) is 13.5. The molecule has 0 aliphatic carbocycles. The lowest BCUT2D eigenvalue weighted by Gasteiger charge is -2.46. The Hall–Kier alpha value is -4.27. The molecular weight excluding hydrogens is 760 g/mol. The van der Waals surface area contributed by atoms with E-state index in [1.54, 1.807) is 0 Å². The van der Waals surface area contributed by atoms with Crippen molar-refractivity contribution in [2.75, 3.05) is 13.7 Å². The van der Waals surface area contributed by atoms with E-state index >= 15 is 0 Å². The number of rotatable bonds is 9. The van der Waals surface area contributed by atoms with E-state index in [0.717, 1.165) is 12.1 Å². The number of phenols is 5. The minimum Gasteiger partial charge on any atom is -0.504 e. The summed E-state index contributed by atoms with van der Waals surface area (Å²) in [6, 6.07) is 3.50. The zero-order valence-electron chi connectivity index (χ0n) is 29.6. The molecular formula is C34H42O22. The molecule has 0 amide bonds. The molecule has 0 saturated carbocycles. The van der Waals surface area contributed by atoms with Crippen LogP contribution in [0, 0.1) is 0 Å². The van der Waals surface area contributed by atoms with Gasteiger partial charge in [0.05, 0.1) is 25.9 Å². The van der Waals surface area contributed by atoms with E-state index in [4.69, 9.17) is 37.6 Å². The zero-order valence-corrected chi connectivity index (χ0v) is 29.6. The Balaban J connectivity index is 1.24. The van der Waals surface area contributed by atoms with Gasteiger partial charge in [-0.05, 0) is 32.0 Å². The molecule has 310 valence electrons. The fourth-order valence-electron chi connectivity index (χ4n) is 6.54. The summed E-state index contributed by atoms with van der Waals surface area (Å²) in [7, 11) is 1.21. The van der Waals surface area contributed by atoms with Crippen LogP contribution in [0.3, 0.4) is 0 Å². The van der Waals surface area contributed by atoms with Gasteiger partial charge in [-0.2, -0.15) is 0 Å². The number of aliphatic hydroxyl groups is 8. The molecule has 2 aromatic carbocycles. The Bertz CT molecular complexity index is 1950. The van der Waals surface area contributed by atoms with Gasteiger partial charge in [-0.3, -0.25) is 4.79 Å². The van der Waals surface area contributed by atoms with Crippen LogP contribution < -0.4 is 14.9 Å². The molecule has 13 N–H and O–H groups in total. The lowest BCUT2D eigenvalue weighted by atomic mass is 9.97. The van der Waals surface area contributed by atoms with Crippen molar-refractivity contribution in [2.45, 2.75) is 106 Å². The molecule has 6 rings (SSSR count). The Morgan fingerprint density at radius 1 is 0.661 bits per heavy atom. The van der Waals surface area contributed by atoms with Crippen molar-refractivity contribution in [2.24, 2.45) is 0 Å². The SMILES string of the molecule is COc1cc(-c2oc3c(O)c(O)c(O)c(O)c3c(=O)c2O[C@@H]2O[C@H](CO[C@@H]3O[C@H](C)[C@H](O[C@@H]4O[C@@H](C)[C@H](O)[C@@H](O)[C@@H]4O)[C@@H](O)[C@@H]3O)[C@@H](O)[C@H](O)[C@H]2O)ccc1O. The van der Waals surface area contributed by atoms with Gasteiger partial charge in [0, 0.05) is 5.56 Å². The molecule has 3 aliphatic heterocycles. The van der Waals surface area contributed by atoms with Crippen LogP contribution >= 0.6 is 0 Å². The van der Waals surface area contributed by atoms with Gasteiger partial charge in [-0.15, -0.1) is 0 Å². The summed E-state index contributed by atoms with van der Waals surface area (Å²) >= 11 is 0. The van der Waals surface area contributed by atoms with Crippen LogP contribution in [0.15, 0.2) is 27.4 Å². The third-order valence-corrected chi connectivity index (χ3v) is 9.84. The van der Waals surface area contributed by atoms with Crippen LogP contribution in [-0.4, -0.2) is 172 Å². The fraction of sp³-hybridized carbons (Fsp3) is 0.559. The van der Waals surface area contributed by atoms with Gasteiger partial charge < -0.3 is 104 Å². The first-order valence-corrected chi connectivity index (χ1v) is 17.1. The number of methoxy groups -OCH3 is 1. The quantitative estimate of drug-likeness (QED) is 0.0751. The highest BCUT2D eigenvalue weighted by Gasteiger charge is 2.51. The van der Waals surface area contributed by atoms with Crippen molar-refractivity contribution in [1.29, 1.82) is 0 Å². The number of ether oxygens (including phenoxy) is 7. The Morgan fingerprint density at radius 3 is 1.95 bits per heavy atom. The lowest BCUT2D eigenvalue weighted by Crippen LogP contribution is -2.63. The van der Waals surface area contributed by atoms with Crippen LogP contribution in [0.5, 0.6) is 40.2 Å². The molecule has 3 fully saturated rings. The summed E-state index contributed by atoms with van der Waals surface area (Å²) in [4.78, 5) is 13.9. The molecule has 0 bridgehead atoms. The lowest BCUT2D eigenvalue weighted by molar-refractivity contribution is -0.357. The van der Waals surface area contributed by atoms with Crippen molar-refractivity contribution >= 4 is 11.0 Å². The highest BCUT2D eigenvalue weighted by Crippen LogP contribution is 2.50. The molecule has 3 saturated heterocycles. The molecule has 0 radical (unpaired) electrons. The molecule has 3 aromatic rings. The molecule has 1 aromatic heterocycles. The summed E-state index contributed by atoms with van der Waals surface area (Å²) in [6.07, 6.45) is -24.8. The Labute approximate surface area is 314 Å². The van der Waals surface area contributed by atoms with Gasteiger partial charge in [0.15, 0.2) is 41.2 Å². The standard InChI is InChI=1S/C34H42O22/c1-8-15(36)19(40)25(46)33(51-8)55-28-9(2)52-32(27(48)24(28)45)50-7-13-16(37)20(41)26(47)34(53-13)56-31-18(39)14-17(38)21(42)22(43)23(44)30(14)54-29(31)10-4-5-11(35)12(6-10)49-3/h4-6,8-9,13,15-16,19-20,24-28,32-38,40-48H,7H2,1-3H3/t8-,9+,13+,15-,16+,19+,20-,24-,25-,26+,27-,28-,32+,33-,34-/m0/s1. The normalized spacial score (nSPS) is 36.4. The van der Waals surface area contributed by atoms with Gasteiger partial charge in [0.1, 0.15) is 66.4 Å². The van der Waals surface area contributed by atoms with Gasteiger partial charge in [-0.1, -0.05) is 0 Å². The first kappa shape index (κ1) is 41.4. The number of phenolic OH excluding ortho intramolecular Hbond substituents is 5. The summed E-state index contributed by atoms with van der Waals surface area (Å²) in [5.74, 6) is -6.87. The topological polar surface area (TPSA) is 358 Å². The number of fused-ring (bicyclic) bond motifs is 1. The highest BCUT2D eigenvalue weighted by molar-refractivity contribution is 5.96. The van der Waals surface area contributed by atoms with Gasteiger partial charge in [0.25, 0.3) is 0 Å². The maximum Gasteiger partial charge on any atom is 0.239 e. The van der Waals surface area contributed by atoms with E-state index in [1.807, 2.05) is 0 Å². The second-order valence-electron chi connectivity index (χ2n) is 13.5. The predicted octanol–water partition coefficient (Wildman–Crippen LogP) is -3.12. The number of aromatic hydroxyl groups is 5. The minimum atomic E-state index is -2.11. The molecule has 22 nitrogen and oxygen atoms in total. The molecule has 22 heteroatoms. The molecule has 15 atom stereocenters. The molecule has 56 heavy (non-hydrogen) atoms. The van der Waals surface area contributed by atoms with Crippen LogP contribution in [0.25, 0.3) is 22.3 Å². The first-order valence-electron chi connectivity index (χ1n) is 17.1. The van der Waals surface area contributed by atoms with Gasteiger partial charge >= 0.3 is 0 Å². The number of benzene rings is 2. The zero-order chi connectivity index (χ0) is 41.1. The minimum absolute atomic E-state index is 0.0860. The number of aliphatic hydroxyl groups excluding tert-OH is 8. The monoisotopic (exact) mass is 802 g/mol. The van der Waals surface area contributed by atoms with Crippen LogP contribution in [0.4, 0.5) is 0 Å². The Kier molecular flexibility index (Phi) is 11.8. The van der Waals surface area contributed by atoms with Crippen molar-refractivity contribution < 1.29 is 104 Å². The molecule has 4 heterocycles. The summed E-state index contributed by atoms with van der Waals surface area (Å²) in [6.45, 7) is 2.08. The molecule has 0 spiro atoms. The van der Waals surface area contributed by atoms with Crippen LogP contribution in [0.2, 0.25) is 0 Å². The number of hydrogen-bond donors (Lipinski definition) is 13. The first-order chi connectivity index (χ1) is 26.4. The number of hydrogen-bond acceptors (Lipinski definition) is 22. The molecule has 3 aliphatic rings. The summed E-state index contributed by atoms with van der Waals surface area (Å²) < 4.78 is 44.5. The molecule has 0 unspecified atom stereocenters. The van der Waals surface area contributed by atoms with Crippen LogP contribution in [0.1, 0.15) is 13.8 Å². The van der Waals surface area contributed by atoms with E-state index in [1.165, 1.54) is 27.0 Å². The summed E-state index contributed by atoms with van der Waals surface area (Å²) in [5, 5.41) is 135. The van der Waals surface area contributed by atoms with Gasteiger partial charge in [-0.25, -0.2) is 0 Å². The van der Waals surface area contributed by atoms with Crippen molar-refractivity contribution in [3.05, 3.63) is 28.4 Å². The van der Waals surface area contributed by atoms with E-state index in [0.29, 0.717) is 0 Å². The van der Waals surface area contributed by atoms with E-state index in [-0.39, 0.29) is 17.1 Å². The van der Waals surface area contributed by atoms with Crippen LogP contribution in [-0.2, 0) is 23.7 Å². The maximum atomic E-state index is 13.9. The maximum absolute atomic E-state index is 13.9. The smallest absolute Gasteiger partial charge is 0.239 e. The van der Waals surface area contributed by atoms with E-state index in [9.17, 15) is 71.2 Å². The third-order valence-electron chi connectivity index (χ3n) is 9.84. The van der Waals surface area contributed by atoms with Crippen molar-refractivity contribution in [3.8, 4) is 51.6 Å². The van der Waals surface area contributed by atoms with Crippen molar-refractivity contribution in [1.82, 2.24) is 0 Å². The average molecular weight is 803 g/mol. The third kappa shape index (κ3) is 7.24. The van der Waals surface area contributed by atoms with Gasteiger partial charge in [0.2, 0.25) is 34.7 Å². The average Bonchev–Trinajstić information content (AvgIpc) is 3.17. The Morgan fingerprint density at radius 2 is 1.27 bits per heavy atom.